The van der Waals surface area contributed by atoms with Gasteiger partial charge in [-0.2, -0.15) is 5.10 Å². The maximum Gasteiger partial charge on any atom is 0.335 e. The van der Waals surface area contributed by atoms with Crippen LogP contribution in [0.2, 0.25) is 0 Å². The monoisotopic (exact) mass is 335 g/mol. The van der Waals surface area contributed by atoms with Crippen LogP contribution >= 0.6 is 0 Å². The van der Waals surface area contributed by atoms with Crippen LogP contribution < -0.4 is 5.43 Å². The molecule has 2 N–H and O–H groups in total. The second-order valence-corrected chi connectivity index (χ2v) is 5.07. The molecule has 0 atom stereocenters. The third-order valence-electron chi connectivity index (χ3n) is 3.34. The van der Waals surface area contributed by atoms with Gasteiger partial charge in [-0.15, -0.1) is 0 Å². The Morgan fingerprint density at radius 3 is 2.48 bits per heavy atom. The molecule has 0 saturated heterocycles. The fraction of sp³-hybridized carbons (Fsp3) is 0. The maximum absolute atomic E-state index is 12.0. The van der Waals surface area contributed by atoms with Crippen LogP contribution in [0.3, 0.4) is 0 Å². The molecule has 7 nitrogen and oxygen atoms in total. The molecule has 3 aromatic rings. The van der Waals surface area contributed by atoms with Crippen LogP contribution in [0.1, 0.15) is 26.4 Å². The number of nitrogens with one attached hydrogen (secondary N) is 1. The average Bonchev–Trinajstić information content (AvgIpc) is 3.13. The van der Waals surface area contributed by atoms with E-state index >= 15 is 0 Å². The van der Waals surface area contributed by atoms with Crippen LogP contribution in [0, 0.1) is 0 Å². The Balaban J connectivity index is 1.63. The number of carboxylic acids is 1. The van der Waals surface area contributed by atoms with Crippen molar-refractivity contribution in [2.24, 2.45) is 5.10 Å². The van der Waals surface area contributed by atoms with E-state index in [0.717, 1.165) is 5.56 Å². The van der Waals surface area contributed by atoms with Crippen molar-refractivity contribution in [2.75, 3.05) is 0 Å². The van der Waals surface area contributed by atoms with E-state index < -0.39 is 11.9 Å². The van der Waals surface area contributed by atoms with E-state index in [-0.39, 0.29) is 11.3 Å². The van der Waals surface area contributed by atoms with Gasteiger partial charge in [0.05, 0.1) is 11.8 Å². The van der Waals surface area contributed by atoms with Crippen molar-refractivity contribution in [1.29, 1.82) is 0 Å². The number of hydrogen-bond acceptors (Lipinski definition) is 5. The summed E-state index contributed by atoms with van der Waals surface area (Å²) in [5, 5.41) is 16.4. The Labute approximate surface area is 142 Å². The van der Waals surface area contributed by atoms with Crippen LogP contribution in [0.25, 0.3) is 11.3 Å². The molecular weight excluding hydrogens is 322 g/mol. The van der Waals surface area contributed by atoms with Crippen molar-refractivity contribution >= 4 is 18.1 Å². The largest absolute Gasteiger partial charge is 0.478 e. The highest BCUT2D eigenvalue weighted by Crippen LogP contribution is 2.19. The maximum atomic E-state index is 12.0. The van der Waals surface area contributed by atoms with Gasteiger partial charge in [0.15, 0.2) is 11.5 Å². The fourth-order valence-electron chi connectivity index (χ4n) is 2.06. The number of hydrogen-bond donors (Lipinski definition) is 2. The number of nitrogens with zero attached hydrogens (tertiary/aromatic N) is 2. The molecule has 0 aliphatic rings. The zero-order valence-electron chi connectivity index (χ0n) is 12.9. The molecule has 3 rings (SSSR count). The predicted molar refractivity (Wildman–Crippen MR) is 90.4 cm³/mol. The van der Waals surface area contributed by atoms with Gasteiger partial charge in [0.2, 0.25) is 0 Å². The second-order valence-electron chi connectivity index (χ2n) is 5.07. The summed E-state index contributed by atoms with van der Waals surface area (Å²) in [7, 11) is 0. The summed E-state index contributed by atoms with van der Waals surface area (Å²) in [6, 6.07) is 16.9. The summed E-state index contributed by atoms with van der Waals surface area (Å²) in [6.07, 6.45) is 1.40. The van der Waals surface area contributed by atoms with Crippen LogP contribution in [0.5, 0.6) is 0 Å². The number of carboxylic acid groups (broad SMARTS) is 1. The zero-order valence-corrected chi connectivity index (χ0v) is 12.9. The number of rotatable bonds is 5. The first kappa shape index (κ1) is 16.1. The van der Waals surface area contributed by atoms with Gasteiger partial charge in [0.25, 0.3) is 5.91 Å². The topological polar surface area (TPSA) is 105 Å². The number of aromatic carboxylic acids is 1. The number of hydrazone groups is 1. The summed E-state index contributed by atoms with van der Waals surface area (Å²) >= 11 is 0. The van der Waals surface area contributed by atoms with E-state index in [1.165, 1.54) is 24.4 Å². The van der Waals surface area contributed by atoms with Gasteiger partial charge in [-0.1, -0.05) is 47.6 Å². The Morgan fingerprint density at radius 1 is 1.08 bits per heavy atom. The molecule has 0 fully saturated rings. The molecule has 0 unspecified atom stereocenters. The molecule has 1 amide bonds. The molecular formula is C18H13N3O4. The standard InChI is InChI=1S/C18H13N3O4/c22-17(15-10-16(25-21-15)13-4-2-1-3-5-13)20-19-11-12-6-8-14(9-7-12)18(23)24/h1-11H,(H,20,22)(H,23,24)/b19-11+. The Bertz CT molecular complexity index is 915. The lowest BCUT2D eigenvalue weighted by Crippen LogP contribution is -2.17. The third-order valence-corrected chi connectivity index (χ3v) is 3.34. The molecule has 1 heterocycles. The SMILES string of the molecule is O=C(O)c1ccc(/C=N/NC(=O)c2cc(-c3ccccc3)on2)cc1. The number of carbonyl (C=O) groups is 2. The molecule has 7 heteroatoms. The van der Waals surface area contributed by atoms with Crippen molar-refractivity contribution in [3.05, 3.63) is 77.5 Å². The highest BCUT2D eigenvalue weighted by Gasteiger charge is 2.12. The summed E-state index contributed by atoms with van der Waals surface area (Å²) in [6.45, 7) is 0. The van der Waals surface area contributed by atoms with Gasteiger partial charge in [0.1, 0.15) is 0 Å². The quantitative estimate of drug-likeness (QED) is 0.551. The first-order valence-electron chi connectivity index (χ1n) is 7.32. The van der Waals surface area contributed by atoms with Crippen LogP contribution in [0.4, 0.5) is 0 Å². The Morgan fingerprint density at radius 2 is 1.80 bits per heavy atom. The summed E-state index contributed by atoms with van der Waals surface area (Å²) in [5.74, 6) is -1.03. The molecule has 25 heavy (non-hydrogen) atoms. The molecule has 124 valence electrons. The normalized spacial score (nSPS) is 10.7. The highest BCUT2D eigenvalue weighted by molar-refractivity contribution is 5.94. The van der Waals surface area contributed by atoms with E-state index in [1.807, 2.05) is 30.3 Å². The Kier molecular flexibility index (Phi) is 4.66. The Hall–Kier alpha value is -3.74. The van der Waals surface area contributed by atoms with Gasteiger partial charge in [-0.3, -0.25) is 4.79 Å². The van der Waals surface area contributed by atoms with E-state index in [1.54, 1.807) is 12.1 Å². The molecule has 1 aromatic heterocycles. The molecule has 0 radical (unpaired) electrons. The minimum atomic E-state index is -1.00. The van der Waals surface area contributed by atoms with Crippen molar-refractivity contribution in [3.8, 4) is 11.3 Å². The van der Waals surface area contributed by atoms with Crippen molar-refractivity contribution in [3.63, 3.8) is 0 Å². The van der Waals surface area contributed by atoms with Gasteiger partial charge in [-0.25, -0.2) is 10.2 Å². The van der Waals surface area contributed by atoms with Crippen LogP contribution in [-0.2, 0) is 0 Å². The minimum Gasteiger partial charge on any atom is -0.478 e. The summed E-state index contributed by atoms with van der Waals surface area (Å²) in [5.41, 5.74) is 4.09. The lowest BCUT2D eigenvalue weighted by atomic mass is 10.1. The predicted octanol–water partition coefficient (Wildman–Crippen LogP) is 2.80. The van der Waals surface area contributed by atoms with Crippen LogP contribution in [0.15, 0.2) is 70.3 Å². The molecule has 0 aliphatic carbocycles. The fourth-order valence-corrected chi connectivity index (χ4v) is 2.06. The molecule has 0 saturated carbocycles. The number of amides is 1. The average molecular weight is 335 g/mol. The minimum absolute atomic E-state index is 0.109. The summed E-state index contributed by atoms with van der Waals surface area (Å²) in [4.78, 5) is 22.8. The lowest BCUT2D eigenvalue weighted by Gasteiger charge is -1.96. The number of aromatic nitrogens is 1. The molecule has 0 spiro atoms. The molecule has 0 bridgehead atoms. The summed E-state index contributed by atoms with van der Waals surface area (Å²) < 4.78 is 5.15. The first-order valence-corrected chi connectivity index (χ1v) is 7.32. The lowest BCUT2D eigenvalue weighted by molar-refractivity contribution is 0.0696. The highest BCUT2D eigenvalue weighted by atomic mass is 16.5. The van der Waals surface area contributed by atoms with Crippen LogP contribution in [-0.4, -0.2) is 28.4 Å². The van der Waals surface area contributed by atoms with E-state index in [0.29, 0.717) is 11.3 Å². The smallest absolute Gasteiger partial charge is 0.335 e. The van der Waals surface area contributed by atoms with Crippen molar-refractivity contribution < 1.29 is 19.2 Å². The van der Waals surface area contributed by atoms with E-state index in [9.17, 15) is 9.59 Å². The zero-order chi connectivity index (χ0) is 17.6. The second kappa shape index (κ2) is 7.22. The van der Waals surface area contributed by atoms with Gasteiger partial charge in [0, 0.05) is 11.6 Å². The molecule has 2 aromatic carbocycles. The first-order chi connectivity index (χ1) is 12.1. The van der Waals surface area contributed by atoms with Gasteiger partial charge in [-0.05, 0) is 17.7 Å². The van der Waals surface area contributed by atoms with Crippen molar-refractivity contribution in [2.45, 2.75) is 0 Å². The van der Waals surface area contributed by atoms with E-state index in [4.69, 9.17) is 9.63 Å². The van der Waals surface area contributed by atoms with E-state index in [2.05, 4.69) is 15.7 Å². The number of benzene rings is 2. The van der Waals surface area contributed by atoms with Gasteiger partial charge >= 0.3 is 5.97 Å². The number of carbonyl (C=O) groups excluding carboxylic acids is 1. The molecule has 0 aliphatic heterocycles. The van der Waals surface area contributed by atoms with Gasteiger partial charge < -0.3 is 9.63 Å². The third kappa shape index (κ3) is 3.97. The van der Waals surface area contributed by atoms with Crippen molar-refractivity contribution in [1.82, 2.24) is 10.6 Å².